The molecule has 0 spiro atoms. The van der Waals surface area contributed by atoms with E-state index in [1.807, 2.05) is 11.3 Å². The quantitative estimate of drug-likeness (QED) is 0.904. The van der Waals surface area contributed by atoms with Gasteiger partial charge < -0.3 is 5.73 Å². The number of hydrogen-bond acceptors (Lipinski definition) is 3. The molecule has 2 nitrogen and oxygen atoms in total. The molecule has 1 aromatic heterocycles. The Morgan fingerprint density at radius 2 is 2.00 bits per heavy atom. The topological polar surface area (TPSA) is 29.3 Å². The Balaban J connectivity index is 2.03. The number of hydrogen-bond donors (Lipinski definition) is 1. The van der Waals surface area contributed by atoms with Gasteiger partial charge in [0.15, 0.2) is 0 Å². The van der Waals surface area contributed by atoms with Crippen LogP contribution in [0.2, 0.25) is 0 Å². The van der Waals surface area contributed by atoms with Crippen LogP contribution in [0, 0.1) is 12.3 Å². The average molecular weight is 280 g/mol. The fourth-order valence-corrected chi connectivity index (χ4v) is 4.20. The summed E-state index contributed by atoms with van der Waals surface area (Å²) in [4.78, 5) is 5.33. The Morgan fingerprint density at radius 3 is 2.47 bits per heavy atom. The van der Waals surface area contributed by atoms with Gasteiger partial charge in [-0.2, -0.15) is 0 Å². The molecule has 1 aromatic rings. The van der Waals surface area contributed by atoms with Crippen LogP contribution < -0.4 is 5.73 Å². The Hall–Kier alpha value is -0.380. The average Bonchev–Trinajstić information content (AvgIpc) is 2.76. The van der Waals surface area contributed by atoms with E-state index in [9.17, 15) is 0 Å². The highest BCUT2D eigenvalue weighted by Gasteiger charge is 2.31. The Morgan fingerprint density at radius 1 is 1.37 bits per heavy atom. The normalized spacial score (nSPS) is 21.8. The SMILES string of the molecule is Cc1ccc(C(CN)N(C)C2CCC(C)(C)CC2)s1. The molecule has 1 fully saturated rings. The monoisotopic (exact) mass is 280 g/mol. The zero-order valence-corrected chi connectivity index (χ0v) is 13.6. The molecule has 1 heterocycles. The van der Waals surface area contributed by atoms with Gasteiger partial charge >= 0.3 is 0 Å². The van der Waals surface area contributed by atoms with Gasteiger partial charge in [0, 0.05) is 22.3 Å². The minimum atomic E-state index is 0.393. The van der Waals surface area contributed by atoms with E-state index in [4.69, 9.17) is 5.73 Å². The molecule has 1 saturated carbocycles. The number of rotatable bonds is 4. The minimum Gasteiger partial charge on any atom is -0.329 e. The highest BCUT2D eigenvalue weighted by molar-refractivity contribution is 7.12. The van der Waals surface area contributed by atoms with Gasteiger partial charge in [-0.05, 0) is 57.2 Å². The molecule has 19 heavy (non-hydrogen) atoms. The predicted octanol–water partition coefficient (Wildman–Crippen LogP) is 3.96. The molecule has 1 atom stereocenters. The Kier molecular flexibility index (Phi) is 4.70. The summed E-state index contributed by atoms with van der Waals surface area (Å²) >= 11 is 1.89. The molecule has 0 saturated heterocycles. The van der Waals surface area contributed by atoms with E-state index < -0.39 is 0 Å². The number of nitrogens with two attached hydrogens (primary N) is 1. The van der Waals surface area contributed by atoms with Gasteiger partial charge in [0.05, 0.1) is 6.04 Å². The molecule has 0 amide bonds. The van der Waals surface area contributed by atoms with E-state index in [-0.39, 0.29) is 0 Å². The molecular weight excluding hydrogens is 252 g/mol. The lowest BCUT2D eigenvalue weighted by Gasteiger charge is -2.41. The van der Waals surface area contributed by atoms with E-state index in [0.717, 1.165) is 6.54 Å². The minimum absolute atomic E-state index is 0.393. The van der Waals surface area contributed by atoms with Gasteiger partial charge in [-0.3, -0.25) is 4.90 Å². The van der Waals surface area contributed by atoms with Crippen molar-refractivity contribution in [1.29, 1.82) is 0 Å². The summed E-state index contributed by atoms with van der Waals surface area (Å²) in [6.07, 6.45) is 5.29. The van der Waals surface area contributed by atoms with Crippen molar-refractivity contribution in [3.63, 3.8) is 0 Å². The van der Waals surface area contributed by atoms with Crippen LogP contribution in [0.3, 0.4) is 0 Å². The molecule has 0 radical (unpaired) electrons. The molecule has 1 unspecified atom stereocenters. The lowest BCUT2D eigenvalue weighted by atomic mass is 9.75. The maximum atomic E-state index is 6.04. The largest absolute Gasteiger partial charge is 0.329 e. The van der Waals surface area contributed by atoms with Crippen LogP contribution in [0.5, 0.6) is 0 Å². The van der Waals surface area contributed by atoms with Crippen LogP contribution in [0.15, 0.2) is 12.1 Å². The van der Waals surface area contributed by atoms with Crippen LogP contribution >= 0.6 is 11.3 Å². The maximum absolute atomic E-state index is 6.04. The molecule has 0 bridgehead atoms. The second-order valence-electron chi connectivity index (χ2n) is 6.76. The zero-order valence-electron chi connectivity index (χ0n) is 12.8. The van der Waals surface area contributed by atoms with E-state index in [1.165, 1.54) is 35.4 Å². The smallest absolute Gasteiger partial charge is 0.0564 e. The zero-order chi connectivity index (χ0) is 14.0. The fourth-order valence-electron chi connectivity index (χ4n) is 3.16. The summed E-state index contributed by atoms with van der Waals surface area (Å²) in [5.41, 5.74) is 6.58. The summed E-state index contributed by atoms with van der Waals surface area (Å²) in [6, 6.07) is 5.55. The number of nitrogens with zero attached hydrogens (tertiary/aromatic N) is 1. The molecule has 0 aromatic carbocycles. The summed E-state index contributed by atoms with van der Waals surface area (Å²) < 4.78 is 0. The summed E-state index contributed by atoms with van der Waals surface area (Å²) in [6.45, 7) is 7.68. The van der Waals surface area contributed by atoms with Crippen LogP contribution in [0.25, 0.3) is 0 Å². The molecule has 0 aliphatic heterocycles. The van der Waals surface area contributed by atoms with Crippen molar-refractivity contribution in [2.45, 2.75) is 58.5 Å². The predicted molar refractivity (Wildman–Crippen MR) is 84.7 cm³/mol. The van der Waals surface area contributed by atoms with Crippen molar-refractivity contribution >= 4 is 11.3 Å². The maximum Gasteiger partial charge on any atom is 0.0564 e. The van der Waals surface area contributed by atoms with Crippen LogP contribution in [-0.2, 0) is 0 Å². The molecule has 108 valence electrons. The van der Waals surface area contributed by atoms with E-state index in [0.29, 0.717) is 17.5 Å². The van der Waals surface area contributed by atoms with E-state index in [1.54, 1.807) is 0 Å². The van der Waals surface area contributed by atoms with Crippen molar-refractivity contribution in [3.8, 4) is 0 Å². The highest BCUT2D eigenvalue weighted by Crippen LogP contribution is 2.39. The van der Waals surface area contributed by atoms with E-state index >= 15 is 0 Å². The first-order valence-electron chi connectivity index (χ1n) is 7.41. The fraction of sp³-hybridized carbons (Fsp3) is 0.750. The van der Waals surface area contributed by atoms with Crippen molar-refractivity contribution in [1.82, 2.24) is 4.90 Å². The van der Waals surface area contributed by atoms with Crippen LogP contribution in [-0.4, -0.2) is 24.5 Å². The molecule has 3 heteroatoms. The first kappa shape index (κ1) is 15.0. The van der Waals surface area contributed by atoms with Crippen LogP contribution in [0.4, 0.5) is 0 Å². The summed E-state index contributed by atoms with van der Waals surface area (Å²) in [7, 11) is 2.26. The molecule has 2 N–H and O–H groups in total. The third-order valence-corrected chi connectivity index (χ3v) is 5.79. The van der Waals surface area contributed by atoms with Gasteiger partial charge in [-0.1, -0.05) is 13.8 Å². The number of aryl methyl sites for hydroxylation is 1. The highest BCUT2D eigenvalue weighted by atomic mass is 32.1. The van der Waals surface area contributed by atoms with Crippen molar-refractivity contribution in [3.05, 3.63) is 21.9 Å². The van der Waals surface area contributed by atoms with Gasteiger partial charge in [-0.25, -0.2) is 0 Å². The Labute approximate surface area is 122 Å². The lowest BCUT2D eigenvalue weighted by Crippen LogP contribution is -2.41. The second kappa shape index (κ2) is 5.94. The van der Waals surface area contributed by atoms with Crippen LogP contribution in [0.1, 0.15) is 55.3 Å². The number of thiophene rings is 1. The standard InChI is InChI=1S/C16H28N2S/c1-12-5-6-15(19-12)14(11-17)18(4)13-7-9-16(2,3)10-8-13/h5-6,13-14H,7-11,17H2,1-4H3. The molecule has 1 aliphatic rings. The third-order valence-electron chi connectivity index (χ3n) is 4.69. The van der Waals surface area contributed by atoms with Crippen molar-refractivity contribution < 1.29 is 0 Å². The van der Waals surface area contributed by atoms with E-state index in [2.05, 4.69) is 44.9 Å². The first-order valence-corrected chi connectivity index (χ1v) is 8.23. The van der Waals surface area contributed by atoms with Gasteiger partial charge in [0.1, 0.15) is 0 Å². The third kappa shape index (κ3) is 3.59. The van der Waals surface area contributed by atoms with Crippen molar-refractivity contribution in [2.24, 2.45) is 11.1 Å². The molecule has 2 rings (SSSR count). The lowest BCUT2D eigenvalue weighted by molar-refractivity contribution is 0.0978. The Bertz CT molecular complexity index is 401. The summed E-state index contributed by atoms with van der Waals surface area (Å²) in [5, 5.41) is 0. The summed E-state index contributed by atoms with van der Waals surface area (Å²) in [5.74, 6) is 0. The first-order chi connectivity index (χ1) is 8.93. The van der Waals surface area contributed by atoms with Crippen molar-refractivity contribution in [2.75, 3.05) is 13.6 Å². The second-order valence-corrected chi connectivity index (χ2v) is 8.08. The van der Waals surface area contributed by atoms with Gasteiger partial charge in [0.2, 0.25) is 0 Å². The van der Waals surface area contributed by atoms with Gasteiger partial charge in [-0.15, -0.1) is 11.3 Å². The van der Waals surface area contributed by atoms with Gasteiger partial charge in [0.25, 0.3) is 0 Å². The molecular formula is C16H28N2S. The molecule has 1 aliphatic carbocycles. The number of likely N-dealkylation sites (N-methyl/N-ethyl adjacent to an activating group) is 1.